The van der Waals surface area contributed by atoms with Gasteiger partial charge in [0.05, 0.1) is 29.5 Å². The lowest BCUT2D eigenvalue weighted by Crippen LogP contribution is -2.25. The van der Waals surface area contributed by atoms with Gasteiger partial charge in [-0.1, -0.05) is 0 Å². The van der Waals surface area contributed by atoms with Crippen LogP contribution >= 0.6 is 0 Å². The maximum Gasteiger partial charge on any atom is 0.341 e. The Hall–Kier alpha value is -3.17. The molecule has 10 heteroatoms. The first kappa shape index (κ1) is 18.2. The summed E-state index contributed by atoms with van der Waals surface area (Å²) in [6.07, 6.45) is 3.51. The van der Waals surface area contributed by atoms with E-state index in [9.17, 15) is 19.1 Å². The molecular formula is C18H18F2N4O4. The van der Waals surface area contributed by atoms with Crippen molar-refractivity contribution in [2.24, 2.45) is 0 Å². The standard InChI is InChI=1S/C18H18F2N4O4/c19-12-14(22)11-15(13(20)17(12)28-9-3-4-23(5-9)7-21)24(8-1-2-8)6-10(16(11)25)18(26)27/h6-9,21H,1-5,22H2,(H,26,27). The minimum Gasteiger partial charge on any atom is -0.482 e. The molecule has 1 saturated heterocycles. The molecule has 2 aromatic rings. The van der Waals surface area contributed by atoms with Gasteiger partial charge in [0.25, 0.3) is 0 Å². The molecule has 1 saturated carbocycles. The van der Waals surface area contributed by atoms with Crippen LogP contribution in [0.25, 0.3) is 10.9 Å². The number of carboxylic acid groups (broad SMARTS) is 1. The Labute approximate surface area is 157 Å². The molecule has 1 aliphatic carbocycles. The van der Waals surface area contributed by atoms with Crippen molar-refractivity contribution in [2.75, 3.05) is 18.8 Å². The predicted molar refractivity (Wildman–Crippen MR) is 97.2 cm³/mol. The normalized spacial score (nSPS) is 19.2. The van der Waals surface area contributed by atoms with Gasteiger partial charge < -0.3 is 25.0 Å². The number of benzene rings is 1. The fourth-order valence-corrected chi connectivity index (χ4v) is 3.57. The summed E-state index contributed by atoms with van der Waals surface area (Å²) in [5.74, 6) is -4.46. The van der Waals surface area contributed by atoms with E-state index in [-0.39, 0.29) is 11.6 Å². The second-order valence-corrected chi connectivity index (χ2v) is 7.06. The van der Waals surface area contributed by atoms with E-state index in [1.165, 1.54) is 4.57 Å². The van der Waals surface area contributed by atoms with E-state index in [0.29, 0.717) is 32.4 Å². The molecule has 148 valence electrons. The van der Waals surface area contributed by atoms with Crippen LogP contribution in [0.15, 0.2) is 11.0 Å². The quantitative estimate of drug-likeness (QED) is 0.406. The van der Waals surface area contributed by atoms with Gasteiger partial charge in [0, 0.05) is 25.2 Å². The van der Waals surface area contributed by atoms with Gasteiger partial charge >= 0.3 is 5.97 Å². The predicted octanol–water partition coefficient (Wildman–Crippen LogP) is 1.96. The van der Waals surface area contributed by atoms with Crippen molar-refractivity contribution < 1.29 is 23.4 Å². The summed E-state index contributed by atoms with van der Waals surface area (Å²) in [5, 5.41) is 16.0. The van der Waals surface area contributed by atoms with Crippen LogP contribution in [0.5, 0.6) is 5.75 Å². The molecule has 1 aromatic carbocycles. The van der Waals surface area contributed by atoms with E-state index < -0.39 is 51.5 Å². The van der Waals surface area contributed by atoms with Crippen molar-refractivity contribution in [3.63, 3.8) is 0 Å². The molecule has 8 nitrogen and oxygen atoms in total. The fourth-order valence-electron chi connectivity index (χ4n) is 3.57. The summed E-state index contributed by atoms with van der Waals surface area (Å²) in [6.45, 7) is 0.822. The van der Waals surface area contributed by atoms with Crippen LogP contribution in [0, 0.1) is 17.0 Å². The number of nitrogens with one attached hydrogen (secondary N) is 1. The average molecular weight is 392 g/mol. The smallest absolute Gasteiger partial charge is 0.341 e. The van der Waals surface area contributed by atoms with Crippen molar-refractivity contribution in [1.29, 1.82) is 5.41 Å². The van der Waals surface area contributed by atoms with Gasteiger partial charge in [-0.25, -0.2) is 13.6 Å². The Morgan fingerprint density at radius 3 is 2.61 bits per heavy atom. The highest BCUT2D eigenvalue weighted by molar-refractivity contribution is 5.98. The lowest BCUT2D eigenvalue weighted by Gasteiger charge is -2.19. The van der Waals surface area contributed by atoms with Gasteiger partial charge in [-0.3, -0.25) is 10.2 Å². The van der Waals surface area contributed by atoms with Crippen LogP contribution < -0.4 is 15.9 Å². The van der Waals surface area contributed by atoms with E-state index in [1.807, 2.05) is 0 Å². The topological polar surface area (TPSA) is 122 Å². The summed E-state index contributed by atoms with van der Waals surface area (Å²) < 4.78 is 37.0. The molecular weight excluding hydrogens is 374 g/mol. The number of nitrogens with two attached hydrogens (primary N) is 1. The van der Waals surface area contributed by atoms with Gasteiger partial charge in [-0.15, -0.1) is 0 Å². The highest BCUT2D eigenvalue weighted by Crippen LogP contribution is 2.41. The fraction of sp³-hybridized carbons (Fsp3) is 0.389. The third kappa shape index (κ3) is 2.76. The van der Waals surface area contributed by atoms with E-state index in [0.717, 1.165) is 12.5 Å². The molecule has 2 heterocycles. The van der Waals surface area contributed by atoms with Crippen molar-refractivity contribution in [1.82, 2.24) is 9.47 Å². The van der Waals surface area contributed by atoms with Crippen LogP contribution in [0.4, 0.5) is 14.5 Å². The highest BCUT2D eigenvalue weighted by Gasteiger charge is 2.33. The Bertz CT molecular complexity index is 1060. The molecule has 2 aliphatic rings. The lowest BCUT2D eigenvalue weighted by atomic mass is 10.1. The molecule has 4 N–H and O–H groups in total. The number of ether oxygens (including phenoxy) is 1. The maximum atomic E-state index is 15.3. The molecule has 1 aromatic heterocycles. The van der Waals surface area contributed by atoms with Crippen LogP contribution in [0.2, 0.25) is 0 Å². The van der Waals surface area contributed by atoms with Crippen LogP contribution in [-0.2, 0) is 0 Å². The second kappa shape index (κ2) is 6.47. The zero-order chi connectivity index (χ0) is 20.2. The number of pyridine rings is 1. The average Bonchev–Trinajstić information content (AvgIpc) is 3.41. The van der Waals surface area contributed by atoms with E-state index >= 15 is 4.39 Å². The van der Waals surface area contributed by atoms with Gasteiger partial charge in [0.2, 0.25) is 5.43 Å². The third-order valence-corrected chi connectivity index (χ3v) is 5.16. The minimum atomic E-state index is -1.49. The summed E-state index contributed by atoms with van der Waals surface area (Å²) in [6, 6.07) is -0.187. The number of hydrogen-bond donors (Lipinski definition) is 3. The number of fused-ring (bicyclic) bond motifs is 1. The summed E-state index contributed by atoms with van der Waals surface area (Å²) in [5.41, 5.74) is 3.31. The number of carbonyl (C=O) groups is 1. The number of halogens is 2. The van der Waals surface area contributed by atoms with Crippen LogP contribution in [0.1, 0.15) is 35.7 Å². The first-order valence-electron chi connectivity index (χ1n) is 8.83. The number of hydrogen-bond acceptors (Lipinski definition) is 5. The molecule has 0 spiro atoms. The molecule has 1 aliphatic heterocycles. The molecule has 1 unspecified atom stereocenters. The Morgan fingerprint density at radius 2 is 2.04 bits per heavy atom. The van der Waals surface area contributed by atoms with E-state index in [2.05, 4.69) is 0 Å². The van der Waals surface area contributed by atoms with Crippen molar-refractivity contribution in [3.8, 4) is 5.75 Å². The zero-order valence-corrected chi connectivity index (χ0v) is 14.7. The van der Waals surface area contributed by atoms with E-state index in [4.69, 9.17) is 15.9 Å². The van der Waals surface area contributed by atoms with Crippen LogP contribution in [-0.4, -0.2) is 46.1 Å². The maximum absolute atomic E-state index is 15.3. The Balaban J connectivity index is 1.93. The highest BCUT2D eigenvalue weighted by atomic mass is 19.1. The van der Waals surface area contributed by atoms with Crippen molar-refractivity contribution >= 4 is 28.9 Å². The molecule has 2 fully saturated rings. The Morgan fingerprint density at radius 1 is 1.32 bits per heavy atom. The van der Waals surface area contributed by atoms with Crippen molar-refractivity contribution in [2.45, 2.75) is 31.4 Å². The molecule has 0 bridgehead atoms. The molecule has 0 radical (unpaired) electrons. The first-order chi connectivity index (χ1) is 13.3. The minimum absolute atomic E-state index is 0.187. The number of nitrogen functional groups attached to an aromatic ring is 1. The lowest BCUT2D eigenvalue weighted by molar-refractivity contribution is 0.0695. The number of carboxylic acids is 1. The number of aromatic nitrogens is 1. The SMILES string of the molecule is N=CN1CCC(Oc2c(F)c(N)c3c(=O)c(C(=O)O)cn(C4CC4)c3c2F)C1. The van der Waals surface area contributed by atoms with Gasteiger partial charge in [0.1, 0.15) is 11.7 Å². The number of rotatable bonds is 5. The summed E-state index contributed by atoms with van der Waals surface area (Å²) in [4.78, 5) is 25.6. The number of nitrogens with zero attached hydrogens (tertiary/aromatic N) is 2. The first-order valence-corrected chi connectivity index (χ1v) is 8.83. The Kier molecular flexibility index (Phi) is 4.20. The number of anilines is 1. The summed E-state index contributed by atoms with van der Waals surface area (Å²) >= 11 is 0. The van der Waals surface area contributed by atoms with Gasteiger partial charge in [-0.05, 0) is 12.8 Å². The molecule has 1 atom stereocenters. The monoisotopic (exact) mass is 392 g/mol. The molecule has 0 amide bonds. The largest absolute Gasteiger partial charge is 0.482 e. The van der Waals surface area contributed by atoms with Crippen LogP contribution in [0.3, 0.4) is 0 Å². The second-order valence-electron chi connectivity index (χ2n) is 7.06. The molecule has 28 heavy (non-hydrogen) atoms. The van der Waals surface area contributed by atoms with Gasteiger partial charge in [-0.2, -0.15) is 0 Å². The van der Waals surface area contributed by atoms with E-state index in [1.54, 1.807) is 4.90 Å². The summed E-state index contributed by atoms with van der Waals surface area (Å²) in [7, 11) is 0. The number of aromatic carboxylic acids is 1. The third-order valence-electron chi connectivity index (χ3n) is 5.16. The zero-order valence-electron chi connectivity index (χ0n) is 14.7. The molecule has 4 rings (SSSR count). The van der Waals surface area contributed by atoms with Crippen molar-refractivity contribution in [3.05, 3.63) is 33.6 Å². The van der Waals surface area contributed by atoms with Gasteiger partial charge in [0.15, 0.2) is 17.4 Å². The number of likely N-dealkylation sites (tertiary alicyclic amines) is 1.